The van der Waals surface area contributed by atoms with Crippen molar-refractivity contribution in [3.63, 3.8) is 0 Å². The number of nitrogens with zero attached hydrogens (tertiary/aromatic N) is 2. The third-order valence-electron chi connectivity index (χ3n) is 2.59. The van der Waals surface area contributed by atoms with E-state index in [1.54, 1.807) is 24.3 Å². The summed E-state index contributed by atoms with van der Waals surface area (Å²) in [5, 5.41) is 15.5. The zero-order valence-corrected chi connectivity index (χ0v) is 10.9. The van der Waals surface area contributed by atoms with Crippen molar-refractivity contribution in [2.75, 3.05) is 7.11 Å². The molecular formula is C13H10ClN3O2. The molecule has 0 fully saturated rings. The highest BCUT2D eigenvalue weighted by atomic mass is 35.5. The predicted octanol–water partition coefficient (Wildman–Crippen LogP) is 2.16. The van der Waals surface area contributed by atoms with E-state index >= 15 is 0 Å². The molecule has 0 saturated heterocycles. The van der Waals surface area contributed by atoms with Crippen molar-refractivity contribution in [2.24, 2.45) is 0 Å². The SMILES string of the molecule is COc1ccc(Cl)cc1-c1cc(CC#N)c(=O)[nH]n1. The Balaban J connectivity index is 2.59. The number of nitrogens with one attached hydrogen (secondary N) is 1. The predicted molar refractivity (Wildman–Crippen MR) is 71.2 cm³/mol. The normalized spacial score (nSPS) is 9.95. The van der Waals surface area contributed by atoms with Gasteiger partial charge in [0, 0.05) is 16.1 Å². The molecule has 0 saturated carbocycles. The molecule has 1 heterocycles. The molecule has 0 spiro atoms. The van der Waals surface area contributed by atoms with E-state index in [9.17, 15) is 4.79 Å². The third kappa shape index (κ3) is 2.75. The van der Waals surface area contributed by atoms with Crippen LogP contribution in [0.15, 0.2) is 29.1 Å². The van der Waals surface area contributed by atoms with Gasteiger partial charge >= 0.3 is 0 Å². The highest BCUT2D eigenvalue weighted by molar-refractivity contribution is 6.30. The average Bonchev–Trinajstić information content (AvgIpc) is 2.41. The monoisotopic (exact) mass is 275 g/mol. The van der Waals surface area contributed by atoms with E-state index in [1.807, 2.05) is 6.07 Å². The number of hydrogen-bond donors (Lipinski definition) is 1. The van der Waals surface area contributed by atoms with Crippen molar-refractivity contribution >= 4 is 11.6 Å². The number of halogens is 1. The molecule has 6 heteroatoms. The van der Waals surface area contributed by atoms with E-state index in [2.05, 4.69) is 10.2 Å². The van der Waals surface area contributed by atoms with Crippen molar-refractivity contribution in [1.82, 2.24) is 10.2 Å². The minimum atomic E-state index is -0.369. The summed E-state index contributed by atoms with van der Waals surface area (Å²) in [4.78, 5) is 11.5. The minimum absolute atomic E-state index is 0.0216. The van der Waals surface area contributed by atoms with Crippen LogP contribution in [-0.2, 0) is 6.42 Å². The Kier molecular flexibility index (Phi) is 3.83. The number of ether oxygens (including phenoxy) is 1. The summed E-state index contributed by atoms with van der Waals surface area (Å²) in [6.07, 6.45) is 0.0216. The van der Waals surface area contributed by atoms with E-state index in [0.717, 1.165) is 0 Å². The fourth-order valence-electron chi connectivity index (χ4n) is 1.68. The molecule has 2 aromatic rings. The summed E-state index contributed by atoms with van der Waals surface area (Å²) >= 11 is 5.95. The number of methoxy groups -OCH3 is 1. The number of aromatic nitrogens is 2. The van der Waals surface area contributed by atoms with Gasteiger partial charge in [-0.15, -0.1) is 0 Å². The van der Waals surface area contributed by atoms with E-state index in [0.29, 0.717) is 27.6 Å². The van der Waals surface area contributed by atoms with Crippen LogP contribution in [-0.4, -0.2) is 17.3 Å². The van der Waals surface area contributed by atoms with Crippen LogP contribution in [0.1, 0.15) is 5.56 Å². The molecule has 0 aliphatic rings. The second kappa shape index (κ2) is 5.55. The van der Waals surface area contributed by atoms with Crippen LogP contribution in [0.5, 0.6) is 5.75 Å². The first-order valence-corrected chi connectivity index (χ1v) is 5.83. The van der Waals surface area contributed by atoms with Gasteiger partial charge in [0.1, 0.15) is 5.75 Å². The number of benzene rings is 1. The van der Waals surface area contributed by atoms with Gasteiger partial charge in [-0.1, -0.05) is 11.6 Å². The molecule has 2 rings (SSSR count). The average molecular weight is 276 g/mol. The van der Waals surface area contributed by atoms with E-state index < -0.39 is 0 Å². The van der Waals surface area contributed by atoms with Crippen LogP contribution in [0.2, 0.25) is 5.02 Å². The van der Waals surface area contributed by atoms with Crippen LogP contribution in [0, 0.1) is 11.3 Å². The van der Waals surface area contributed by atoms with Gasteiger partial charge in [-0.05, 0) is 24.3 Å². The molecule has 0 bridgehead atoms. The zero-order chi connectivity index (χ0) is 13.8. The second-order valence-corrected chi connectivity index (χ2v) is 4.22. The van der Waals surface area contributed by atoms with Crippen molar-refractivity contribution in [3.8, 4) is 23.1 Å². The molecule has 0 unspecified atom stereocenters. The number of rotatable bonds is 3. The lowest BCUT2D eigenvalue weighted by atomic mass is 10.1. The summed E-state index contributed by atoms with van der Waals surface area (Å²) < 4.78 is 5.23. The van der Waals surface area contributed by atoms with E-state index in [4.69, 9.17) is 21.6 Å². The number of aromatic amines is 1. The molecule has 0 amide bonds. The van der Waals surface area contributed by atoms with Crippen molar-refractivity contribution in [3.05, 3.63) is 45.2 Å². The Morgan fingerprint density at radius 1 is 1.47 bits per heavy atom. The number of H-pyrrole nitrogens is 1. The van der Waals surface area contributed by atoms with E-state index in [1.165, 1.54) is 7.11 Å². The maximum absolute atomic E-state index is 11.5. The quantitative estimate of drug-likeness (QED) is 0.931. The Hall–Kier alpha value is -2.32. The molecule has 1 aromatic carbocycles. The largest absolute Gasteiger partial charge is 0.496 e. The fraction of sp³-hybridized carbons (Fsp3) is 0.154. The second-order valence-electron chi connectivity index (χ2n) is 3.79. The molecule has 0 radical (unpaired) electrons. The van der Waals surface area contributed by atoms with Gasteiger partial charge in [-0.3, -0.25) is 4.79 Å². The molecule has 5 nitrogen and oxygen atoms in total. The van der Waals surface area contributed by atoms with Gasteiger partial charge < -0.3 is 4.74 Å². The topological polar surface area (TPSA) is 78.8 Å². The third-order valence-corrected chi connectivity index (χ3v) is 2.82. The minimum Gasteiger partial charge on any atom is -0.496 e. The van der Waals surface area contributed by atoms with Crippen molar-refractivity contribution in [2.45, 2.75) is 6.42 Å². The first-order chi connectivity index (χ1) is 9.15. The highest BCUT2D eigenvalue weighted by Gasteiger charge is 2.10. The van der Waals surface area contributed by atoms with Crippen LogP contribution in [0.3, 0.4) is 0 Å². The van der Waals surface area contributed by atoms with E-state index in [-0.39, 0.29) is 12.0 Å². The van der Waals surface area contributed by atoms with Crippen molar-refractivity contribution < 1.29 is 4.74 Å². The molecule has 1 N–H and O–H groups in total. The first-order valence-electron chi connectivity index (χ1n) is 5.45. The summed E-state index contributed by atoms with van der Waals surface area (Å²) in [5.74, 6) is 0.590. The van der Waals surface area contributed by atoms with Gasteiger partial charge in [0.15, 0.2) is 0 Å². The Morgan fingerprint density at radius 3 is 2.95 bits per heavy atom. The van der Waals surface area contributed by atoms with Gasteiger partial charge in [-0.25, -0.2) is 5.10 Å². The smallest absolute Gasteiger partial charge is 0.268 e. The van der Waals surface area contributed by atoms with Gasteiger partial charge in [0.2, 0.25) is 0 Å². The summed E-state index contributed by atoms with van der Waals surface area (Å²) in [7, 11) is 1.54. The molecule has 19 heavy (non-hydrogen) atoms. The molecule has 0 aliphatic carbocycles. The molecule has 1 aromatic heterocycles. The van der Waals surface area contributed by atoms with Crippen LogP contribution in [0.4, 0.5) is 0 Å². The lowest BCUT2D eigenvalue weighted by molar-refractivity contribution is 0.416. The van der Waals surface area contributed by atoms with Gasteiger partial charge in [0.05, 0.1) is 25.3 Å². The Labute approximate surface area is 114 Å². The Bertz CT molecular complexity index is 704. The molecule has 96 valence electrons. The molecule has 0 atom stereocenters. The van der Waals surface area contributed by atoms with Gasteiger partial charge in [-0.2, -0.15) is 10.4 Å². The maximum atomic E-state index is 11.5. The van der Waals surface area contributed by atoms with Crippen LogP contribution in [0.25, 0.3) is 11.3 Å². The van der Waals surface area contributed by atoms with Crippen LogP contribution >= 0.6 is 11.6 Å². The maximum Gasteiger partial charge on any atom is 0.268 e. The van der Waals surface area contributed by atoms with Crippen molar-refractivity contribution in [1.29, 1.82) is 5.26 Å². The molecule has 0 aliphatic heterocycles. The lowest BCUT2D eigenvalue weighted by Crippen LogP contribution is -2.14. The summed E-state index contributed by atoms with van der Waals surface area (Å²) in [6.45, 7) is 0. The Morgan fingerprint density at radius 2 is 2.26 bits per heavy atom. The zero-order valence-electron chi connectivity index (χ0n) is 10.1. The molecular weight excluding hydrogens is 266 g/mol. The standard InChI is InChI=1S/C13H10ClN3O2/c1-19-12-3-2-9(14)7-10(12)11-6-8(4-5-15)13(18)17-16-11/h2-3,6-7H,4H2,1H3,(H,17,18). The number of hydrogen-bond acceptors (Lipinski definition) is 4. The highest BCUT2D eigenvalue weighted by Crippen LogP contribution is 2.30. The number of nitriles is 1. The van der Waals surface area contributed by atoms with Crippen LogP contribution < -0.4 is 10.3 Å². The fourth-order valence-corrected chi connectivity index (χ4v) is 1.85. The summed E-state index contributed by atoms with van der Waals surface area (Å²) in [5.41, 5.74) is 1.15. The van der Waals surface area contributed by atoms with Gasteiger partial charge in [0.25, 0.3) is 5.56 Å². The first kappa shape index (κ1) is 13.1. The lowest BCUT2D eigenvalue weighted by Gasteiger charge is -2.08. The summed E-state index contributed by atoms with van der Waals surface area (Å²) in [6, 6.07) is 8.61.